The molecule has 6 nitrogen and oxygen atoms in total. The summed E-state index contributed by atoms with van der Waals surface area (Å²) in [6.45, 7) is 0.269. The topological polar surface area (TPSA) is 109 Å². The Morgan fingerprint density at radius 1 is 1.36 bits per heavy atom. The minimum Gasteiger partial charge on any atom is -0.396 e. The highest BCUT2D eigenvalue weighted by atomic mass is 32.2. The van der Waals surface area contributed by atoms with Crippen LogP contribution in [0.4, 0.5) is 0 Å². The highest BCUT2D eigenvalue weighted by Crippen LogP contribution is 1.88. The molecule has 0 aromatic heterocycles. The number of nitrogens with one attached hydrogen (secondary N) is 1. The number of carbonyl (C=O) groups is 1. The van der Waals surface area contributed by atoms with Crippen LogP contribution in [0.5, 0.6) is 0 Å². The molecule has 0 spiro atoms. The molecule has 0 aromatic rings. The van der Waals surface area contributed by atoms with Crippen LogP contribution in [0.15, 0.2) is 0 Å². The van der Waals surface area contributed by atoms with Crippen LogP contribution in [0.1, 0.15) is 19.3 Å². The van der Waals surface area contributed by atoms with Gasteiger partial charge >= 0.3 is 0 Å². The standard InChI is InChI=1S/C7H16N2O4S/c8-14(12,13)6-2-4-9-7(11)3-1-5-10/h10H,1-6H2,(H,9,11)(H2,8,12,13). The third-order valence-electron chi connectivity index (χ3n) is 1.49. The van der Waals surface area contributed by atoms with E-state index >= 15 is 0 Å². The fraction of sp³-hybridized carbons (Fsp3) is 0.857. The summed E-state index contributed by atoms with van der Waals surface area (Å²) in [6.07, 6.45) is 0.983. The molecule has 0 aliphatic carbocycles. The van der Waals surface area contributed by atoms with Crippen molar-refractivity contribution in [2.24, 2.45) is 5.14 Å². The Labute approximate surface area is 83.5 Å². The van der Waals surface area contributed by atoms with E-state index in [1.807, 2.05) is 0 Å². The highest BCUT2D eigenvalue weighted by molar-refractivity contribution is 7.89. The maximum atomic E-state index is 10.9. The second kappa shape index (κ2) is 6.74. The summed E-state index contributed by atoms with van der Waals surface area (Å²) in [6, 6.07) is 0. The van der Waals surface area contributed by atoms with Gasteiger partial charge in [0.25, 0.3) is 0 Å². The molecule has 0 rings (SSSR count). The molecule has 0 saturated heterocycles. The zero-order valence-electron chi connectivity index (χ0n) is 7.90. The normalized spacial score (nSPS) is 11.3. The minimum atomic E-state index is -3.43. The van der Waals surface area contributed by atoms with Crippen LogP contribution in [-0.4, -0.2) is 38.3 Å². The van der Waals surface area contributed by atoms with Crippen LogP contribution in [0, 0.1) is 0 Å². The van der Waals surface area contributed by atoms with E-state index in [0.717, 1.165) is 0 Å². The molecule has 0 unspecified atom stereocenters. The van der Waals surface area contributed by atoms with Crippen LogP contribution >= 0.6 is 0 Å². The summed E-state index contributed by atoms with van der Waals surface area (Å²) in [7, 11) is -3.43. The lowest BCUT2D eigenvalue weighted by Gasteiger charge is -2.03. The number of aliphatic hydroxyl groups is 1. The van der Waals surface area contributed by atoms with Gasteiger partial charge in [-0.15, -0.1) is 0 Å². The average molecular weight is 224 g/mol. The molecule has 7 heteroatoms. The Bertz CT molecular complexity index is 263. The molecule has 0 saturated carbocycles. The van der Waals surface area contributed by atoms with Gasteiger partial charge in [-0.3, -0.25) is 4.79 Å². The Balaban J connectivity index is 3.41. The first-order valence-electron chi connectivity index (χ1n) is 4.34. The van der Waals surface area contributed by atoms with Gasteiger partial charge in [0.15, 0.2) is 0 Å². The van der Waals surface area contributed by atoms with Gasteiger partial charge in [-0.2, -0.15) is 0 Å². The molecule has 4 N–H and O–H groups in total. The van der Waals surface area contributed by atoms with Gasteiger partial charge in [-0.1, -0.05) is 0 Å². The Morgan fingerprint density at radius 3 is 2.50 bits per heavy atom. The van der Waals surface area contributed by atoms with E-state index in [1.54, 1.807) is 0 Å². The van der Waals surface area contributed by atoms with E-state index in [0.29, 0.717) is 19.4 Å². The first-order chi connectivity index (χ1) is 6.45. The number of hydrogen-bond donors (Lipinski definition) is 3. The molecular weight excluding hydrogens is 208 g/mol. The molecule has 0 fully saturated rings. The molecule has 1 amide bonds. The van der Waals surface area contributed by atoms with E-state index < -0.39 is 10.0 Å². The monoisotopic (exact) mass is 224 g/mol. The number of aliphatic hydroxyl groups excluding tert-OH is 1. The smallest absolute Gasteiger partial charge is 0.220 e. The summed E-state index contributed by atoms with van der Waals surface area (Å²) in [5.74, 6) is -0.318. The van der Waals surface area contributed by atoms with E-state index in [-0.39, 0.29) is 24.7 Å². The average Bonchev–Trinajstić information content (AvgIpc) is 2.07. The lowest BCUT2D eigenvalue weighted by molar-refractivity contribution is -0.121. The van der Waals surface area contributed by atoms with Crippen molar-refractivity contribution in [2.45, 2.75) is 19.3 Å². The SMILES string of the molecule is NS(=O)(=O)CCCNC(=O)CCCO. The van der Waals surface area contributed by atoms with Crippen LogP contribution in [0.2, 0.25) is 0 Å². The van der Waals surface area contributed by atoms with E-state index in [2.05, 4.69) is 5.32 Å². The number of primary sulfonamides is 1. The Kier molecular flexibility index (Phi) is 6.43. The van der Waals surface area contributed by atoms with Crippen molar-refractivity contribution in [3.05, 3.63) is 0 Å². The van der Waals surface area contributed by atoms with Crippen LogP contribution in [-0.2, 0) is 14.8 Å². The van der Waals surface area contributed by atoms with Crippen molar-refractivity contribution in [3.8, 4) is 0 Å². The molecule has 0 radical (unpaired) electrons. The molecule has 14 heavy (non-hydrogen) atoms. The van der Waals surface area contributed by atoms with E-state index in [4.69, 9.17) is 10.2 Å². The van der Waals surface area contributed by atoms with Crippen molar-refractivity contribution in [2.75, 3.05) is 18.9 Å². The van der Waals surface area contributed by atoms with Crippen molar-refractivity contribution < 1.29 is 18.3 Å². The fourth-order valence-electron chi connectivity index (χ4n) is 0.829. The lowest BCUT2D eigenvalue weighted by atomic mass is 10.3. The van der Waals surface area contributed by atoms with Gasteiger partial charge in [-0.05, 0) is 12.8 Å². The highest BCUT2D eigenvalue weighted by Gasteiger charge is 2.03. The van der Waals surface area contributed by atoms with Crippen molar-refractivity contribution in [1.29, 1.82) is 0 Å². The maximum Gasteiger partial charge on any atom is 0.220 e. The summed E-state index contributed by atoms with van der Waals surface area (Å²) in [4.78, 5) is 10.9. The lowest BCUT2D eigenvalue weighted by Crippen LogP contribution is -2.27. The minimum absolute atomic E-state index is 0.0232. The fourth-order valence-corrected chi connectivity index (χ4v) is 1.38. The molecule has 0 aliphatic rings. The van der Waals surface area contributed by atoms with Crippen LogP contribution in [0.3, 0.4) is 0 Å². The summed E-state index contributed by atoms with van der Waals surface area (Å²) >= 11 is 0. The Morgan fingerprint density at radius 2 is 2.00 bits per heavy atom. The number of hydrogen-bond acceptors (Lipinski definition) is 4. The largest absolute Gasteiger partial charge is 0.396 e. The molecular formula is C7H16N2O4S. The zero-order valence-corrected chi connectivity index (χ0v) is 8.72. The number of nitrogens with two attached hydrogens (primary N) is 1. The Hall–Kier alpha value is -0.660. The van der Waals surface area contributed by atoms with Crippen LogP contribution in [0.25, 0.3) is 0 Å². The summed E-state index contributed by atoms with van der Waals surface area (Å²) in [5, 5.41) is 15.7. The first-order valence-corrected chi connectivity index (χ1v) is 6.05. The summed E-state index contributed by atoms with van der Waals surface area (Å²) in [5.41, 5.74) is 0. The third kappa shape index (κ3) is 9.43. The van der Waals surface area contributed by atoms with Gasteiger partial charge in [0.1, 0.15) is 0 Å². The van der Waals surface area contributed by atoms with Gasteiger partial charge in [0.2, 0.25) is 15.9 Å². The van der Waals surface area contributed by atoms with Gasteiger partial charge in [0.05, 0.1) is 5.75 Å². The van der Waals surface area contributed by atoms with E-state index in [9.17, 15) is 13.2 Å². The molecule has 0 aromatic carbocycles. The number of amides is 1. The summed E-state index contributed by atoms with van der Waals surface area (Å²) < 4.78 is 21.0. The van der Waals surface area contributed by atoms with Gasteiger partial charge in [-0.25, -0.2) is 13.6 Å². The van der Waals surface area contributed by atoms with E-state index in [1.165, 1.54) is 0 Å². The molecule has 0 bridgehead atoms. The molecule has 0 heterocycles. The number of carbonyl (C=O) groups excluding carboxylic acids is 1. The quantitative estimate of drug-likeness (QED) is 0.460. The van der Waals surface area contributed by atoms with Crippen LogP contribution < -0.4 is 10.5 Å². The first kappa shape index (κ1) is 13.3. The van der Waals surface area contributed by atoms with Crippen molar-refractivity contribution in [1.82, 2.24) is 5.32 Å². The third-order valence-corrected chi connectivity index (χ3v) is 2.35. The maximum absolute atomic E-state index is 10.9. The zero-order chi connectivity index (χ0) is 11.0. The van der Waals surface area contributed by atoms with Gasteiger partial charge < -0.3 is 10.4 Å². The predicted octanol–water partition coefficient (Wildman–Crippen LogP) is -1.45. The number of rotatable bonds is 7. The van der Waals surface area contributed by atoms with Crippen molar-refractivity contribution in [3.63, 3.8) is 0 Å². The number of sulfonamides is 1. The molecule has 84 valence electrons. The van der Waals surface area contributed by atoms with Crippen molar-refractivity contribution >= 4 is 15.9 Å². The second-order valence-corrected chi connectivity index (χ2v) is 4.63. The second-order valence-electron chi connectivity index (χ2n) is 2.90. The van der Waals surface area contributed by atoms with Gasteiger partial charge in [0, 0.05) is 19.6 Å². The molecule has 0 atom stereocenters. The predicted molar refractivity (Wildman–Crippen MR) is 51.9 cm³/mol. The molecule has 0 aliphatic heterocycles.